The maximum Gasteiger partial charge on any atom is 0.265 e. The number of hydrogen-bond donors (Lipinski definition) is 1. The Morgan fingerprint density at radius 3 is 2.28 bits per heavy atom. The Labute approximate surface area is 428 Å². The molecule has 7 aromatic rings. The van der Waals surface area contributed by atoms with Gasteiger partial charge < -0.3 is 38.4 Å². The highest BCUT2D eigenvalue weighted by Gasteiger charge is 2.36. The van der Waals surface area contributed by atoms with Crippen molar-refractivity contribution >= 4 is 33.6 Å². The highest BCUT2D eigenvalue weighted by molar-refractivity contribution is 6.11. The molecule has 4 aromatic carbocycles. The average Bonchev–Trinajstić information content (AvgIpc) is 3.88. The van der Waals surface area contributed by atoms with Crippen molar-refractivity contribution in [3.8, 4) is 34.5 Å². The number of pyridine rings is 1. The molecule has 2 fully saturated rings. The second-order valence-electron chi connectivity index (χ2n) is 20.3. The van der Waals surface area contributed by atoms with Crippen molar-refractivity contribution in [3.05, 3.63) is 146 Å². The summed E-state index contributed by atoms with van der Waals surface area (Å²) in [5.74, 6) is -2.25. The molecule has 4 aliphatic rings. The average molecular weight is 1000 g/mol. The Balaban J connectivity index is 0.990. The number of fused-ring (bicyclic) bond motifs is 5. The summed E-state index contributed by atoms with van der Waals surface area (Å²) in [4.78, 5) is 53.2. The minimum Gasteiger partial charge on any atom is -0.508 e. The molecular formula is C58H60F2N8O6. The van der Waals surface area contributed by atoms with Crippen LogP contribution in [0, 0.1) is 29.9 Å². The Morgan fingerprint density at radius 1 is 0.824 bits per heavy atom. The molecule has 7 heterocycles. The molecule has 1 N–H and O–H groups in total. The number of phenols is 1. The molecule has 16 heteroatoms. The van der Waals surface area contributed by atoms with Crippen LogP contribution in [-0.4, -0.2) is 122 Å². The lowest BCUT2D eigenvalue weighted by Gasteiger charge is -2.41. The van der Waals surface area contributed by atoms with Crippen molar-refractivity contribution in [2.45, 2.75) is 64.6 Å². The normalized spacial score (nSPS) is 17.4. The molecule has 4 aliphatic heterocycles. The van der Waals surface area contributed by atoms with E-state index in [9.17, 15) is 15.2 Å². The topological polar surface area (TPSA) is 141 Å². The third kappa shape index (κ3) is 9.00. The molecule has 2 saturated heterocycles. The van der Waals surface area contributed by atoms with Crippen LogP contribution in [0.3, 0.4) is 0 Å². The number of halogens is 2. The maximum atomic E-state index is 15.9. The summed E-state index contributed by atoms with van der Waals surface area (Å²) in [6.07, 6.45) is 3.98. The number of aryl methyl sites for hydroxylation is 2. The first-order valence-corrected chi connectivity index (χ1v) is 25.7. The number of nitrogens with zero attached hydrogens (tertiary/aromatic N) is 8. The monoisotopic (exact) mass is 1000 g/mol. The number of phenolic OH excluding ortho intramolecular Hbond substituents is 1. The molecule has 382 valence electrons. The molecule has 1 atom stereocenters. The lowest BCUT2D eigenvalue weighted by atomic mass is 9.89. The first kappa shape index (κ1) is 48.9. The van der Waals surface area contributed by atoms with Crippen molar-refractivity contribution in [2.24, 2.45) is 14.1 Å². The number of aromatic nitrogens is 3. The molecule has 0 unspecified atom stereocenters. The van der Waals surface area contributed by atoms with Gasteiger partial charge in [0, 0.05) is 112 Å². The zero-order valence-electron chi connectivity index (χ0n) is 42.1. The second kappa shape index (κ2) is 20.2. The number of carbonyl (C=O) groups is 2. The van der Waals surface area contributed by atoms with Crippen LogP contribution in [0.1, 0.15) is 68.8 Å². The van der Waals surface area contributed by atoms with E-state index in [-0.39, 0.29) is 54.3 Å². The van der Waals surface area contributed by atoms with Gasteiger partial charge in [0.2, 0.25) is 5.91 Å². The van der Waals surface area contributed by atoms with Gasteiger partial charge in [-0.1, -0.05) is 30.7 Å². The third-order valence-corrected chi connectivity index (χ3v) is 16.0. The second-order valence-corrected chi connectivity index (χ2v) is 20.3. The van der Waals surface area contributed by atoms with Crippen molar-refractivity contribution < 1.29 is 33.0 Å². The number of carbonyl (C=O) groups excluding carboxylic acids is 2. The van der Waals surface area contributed by atoms with Gasteiger partial charge in [-0.3, -0.25) is 23.9 Å². The molecule has 0 spiro atoms. The van der Waals surface area contributed by atoms with Crippen LogP contribution in [0.25, 0.3) is 38.8 Å². The Kier molecular flexibility index (Phi) is 13.3. The number of benzene rings is 4. The van der Waals surface area contributed by atoms with Crippen molar-refractivity contribution in [1.82, 2.24) is 33.3 Å². The smallest absolute Gasteiger partial charge is 0.265 e. The predicted molar refractivity (Wildman–Crippen MR) is 278 cm³/mol. The van der Waals surface area contributed by atoms with Crippen LogP contribution in [0.4, 0.5) is 8.78 Å². The fourth-order valence-electron chi connectivity index (χ4n) is 11.8. The SMILES string of the molecule is Cc1c2c(c(C#N)n1C)c1c(cc(-c3cc4c(cc3C(=O)N3Cc5ccccc5C[C@H]3CN3CCCCC3)CN(C(=O)Cc3c(F)cc(OCCN5CCOCC5)cc3F)CC4)n1C)c(=O)n2-c1ccc(O)cc1. The predicted octanol–water partition coefficient (Wildman–Crippen LogP) is 7.54. The van der Waals surface area contributed by atoms with Crippen LogP contribution in [0.2, 0.25) is 0 Å². The van der Waals surface area contributed by atoms with E-state index >= 15 is 18.4 Å². The lowest BCUT2D eigenvalue weighted by Crippen LogP contribution is -2.51. The highest BCUT2D eigenvalue weighted by Crippen LogP contribution is 2.40. The zero-order valence-corrected chi connectivity index (χ0v) is 42.1. The molecule has 14 nitrogen and oxygen atoms in total. The standard InChI is InChI=1S/C58H60F2N8O6/c1-36-55-54(52(32-61)62(36)2)56-48(58(72)68(55)41-11-13-43(69)14-12-41)30-51(63(56)3)45-26-38-15-18-66(53(70)31-47-49(59)28-44(29-50(47)60)74-24-21-64-19-22-73-23-20-64)33-40(38)27-46(45)57(71)67-34-39-10-6-5-9-37(39)25-42(67)35-65-16-7-4-8-17-65/h5-6,9-14,26-30,42,69H,4,7-8,15-25,31,33-35H2,1-3H3/t42-/m0/s1. The van der Waals surface area contributed by atoms with Gasteiger partial charge in [0.25, 0.3) is 11.5 Å². The highest BCUT2D eigenvalue weighted by atomic mass is 19.1. The van der Waals surface area contributed by atoms with E-state index in [1.165, 1.54) is 24.1 Å². The Bertz CT molecular complexity index is 3430. The van der Waals surface area contributed by atoms with Crippen molar-refractivity contribution in [3.63, 3.8) is 0 Å². The number of aromatic hydroxyl groups is 1. The van der Waals surface area contributed by atoms with E-state index in [0.717, 1.165) is 67.8 Å². The number of hydrogen-bond acceptors (Lipinski definition) is 9. The van der Waals surface area contributed by atoms with Gasteiger partial charge in [0.15, 0.2) is 0 Å². The van der Waals surface area contributed by atoms with Crippen LogP contribution >= 0.6 is 0 Å². The fourth-order valence-corrected chi connectivity index (χ4v) is 11.8. The van der Waals surface area contributed by atoms with E-state index in [0.29, 0.717) is 101 Å². The molecular weight excluding hydrogens is 943 g/mol. The van der Waals surface area contributed by atoms with Crippen molar-refractivity contribution in [2.75, 3.05) is 65.6 Å². The summed E-state index contributed by atoms with van der Waals surface area (Å²) in [6, 6.07) is 24.9. The van der Waals surface area contributed by atoms with Gasteiger partial charge in [0.05, 0.1) is 41.4 Å². The quantitative estimate of drug-likeness (QED) is 0.139. The van der Waals surface area contributed by atoms with Gasteiger partial charge in [0.1, 0.15) is 41.5 Å². The number of rotatable bonds is 11. The summed E-state index contributed by atoms with van der Waals surface area (Å²) < 4.78 is 47.7. The molecule has 11 rings (SSSR count). The van der Waals surface area contributed by atoms with Gasteiger partial charge in [-0.05, 0) is 110 Å². The summed E-state index contributed by atoms with van der Waals surface area (Å²) in [5.41, 5.74) is 7.56. The van der Waals surface area contributed by atoms with E-state index in [2.05, 4.69) is 28.0 Å². The van der Waals surface area contributed by atoms with Gasteiger partial charge in [-0.25, -0.2) is 8.78 Å². The van der Waals surface area contributed by atoms with Crippen LogP contribution in [0.15, 0.2) is 83.7 Å². The molecule has 2 amide bonds. The summed E-state index contributed by atoms with van der Waals surface area (Å²) in [5, 5.41) is 21.8. The summed E-state index contributed by atoms with van der Waals surface area (Å²) in [7, 11) is 3.66. The number of likely N-dealkylation sites (tertiary alicyclic amines) is 1. The number of nitriles is 1. The fraction of sp³-hybridized carbons (Fsp3) is 0.379. The summed E-state index contributed by atoms with van der Waals surface area (Å²) >= 11 is 0. The summed E-state index contributed by atoms with van der Waals surface area (Å²) in [6.45, 7) is 8.92. The first-order chi connectivity index (χ1) is 35.9. The molecule has 0 bridgehead atoms. The third-order valence-electron chi connectivity index (χ3n) is 16.0. The Morgan fingerprint density at radius 2 is 1.55 bits per heavy atom. The zero-order chi connectivity index (χ0) is 51.4. The van der Waals surface area contributed by atoms with E-state index < -0.39 is 24.0 Å². The van der Waals surface area contributed by atoms with Crippen LogP contribution in [0.5, 0.6) is 11.5 Å². The van der Waals surface area contributed by atoms with Gasteiger partial charge in [-0.2, -0.15) is 5.26 Å². The van der Waals surface area contributed by atoms with Crippen LogP contribution in [-0.2, 0) is 56.0 Å². The van der Waals surface area contributed by atoms with E-state index in [4.69, 9.17) is 9.47 Å². The number of piperidine rings is 1. The Hall–Kier alpha value is -7.32. The molecule has 0 saturated carbocycles. The van der Waals surface area contributed by atoms with Gasteiger partial charge >= 0.3 is 0 Å². The lowest BCUT2D eigenvalue weighted by molar-refractivity contribution is -0.131. The minimum atomic E-state index is -0.855. The number of ether oxygens (including phenoxy) is 2. The van der Waals surface area contributed by atoms with Crippen molar-refractivity contribution in [1.29, 1.82) is 5.26 Å². The van der Waals surface area contributed by atoms with E-state index in [1.54, 1.807) is 33.2 Å². The molecule has 3 aromatic heterocycles. The number of morpholine rings is 1. The maximum absolute atomic E-state index is 15.9. The van der Waals surface area contributed by atoms with Crippen LogP contribution < -0.4 is 10.3 Å². The largest absolute Gasteiger partial charge is 0.508 e. The molecule has 0 aliphatic carbocycles. The minimum absolute atomic E-state index is 0.0466. The van der Waals surface area contributed by atoms with Gasteiger partial charge in [-0.15, -0.1) is 0 Å². The van der Waals surface area contributed by atoms with E-state index in [1.807, 2.05) is 53.8 Å². The first-order valence-electron chi connectivity index (χ1n) is 25.7. The number of amides is 2. The molecule has 74 heavy (non-hydrogen) atoms. The molecule has 0 radical (unpaired) electrons.